The molecule has 0 spiro atoms. The molecule has 0 aliphatic heterocycles. The van der Waals surface area contributed by atoms with E-state index < -0.39 is 74.8 Å². The van der Waals surface area contributed by atoms with Crippen LogP contribution in [-0.4, -0.2) is 92.2 Å². The van der Waals surface area contributed by atoms with Gasteiger partial charge in [-0.2, -0.15) is 13.2 Å². The number of hydrogen-bond acceptors (Lipinski definition) is 9. The monoisotopic (exact) mass is 831 g/mol. The molecule has 0 heterocycles. The van der Waals surface area contributed by atoms with Gasteiger partial charge in [0.15, 0.2) is 9.84 Å². The minimum absolute atomic E-state index is 0.0166. The van der Waals surface area contributed by atoms with Crippen molar-refractivity contribution in [3.8, 4) is 5.75 Å². The average molecular weight is 832 g/mol. The molecule has 0 radical (unpaired) electrons. The molecule has 0 saturated heterocycles. The van der Waals surface area contributed by atoms with Crippen molar-refractivity contribution in [2.45, 2.75) is 88.6 Å². The summed E-state index contributed by atoms with van der Waals surface area (Å²) in [6.45, 7) is 4.06. The lowest BCUT2D eigenvalue weighted by atomic mass is 10.00. The van der Waals surface area contributed by atoms with Crippen LogP contribution < -0.4 is 20.7 Å². The Balaban J connectivity index is 0.00000146. The first-order valence-corrected chi connectivity index (χ1v) is 19.9. The third-order valence-electron chi connectivity index (χ3n) is 8.44. The van der Waals surface area contributed by atoms with E-state index in [1.54, 1.807) is 37.4 Å². The van der Waals surface area contributed by atoms with Gasteiger partial charge in [0.2, 0.25) is 5.91 Å². The Morgan fingerprint density at radius 1 is 0.842 bits per heavy atom. The van der Waals surface area contributed by atoms with Crippen molar-refractivity contribution in [3.05, 3.63) is 101 Å². The Morgan fingerprint density at radius 3 is 2.00 bits per heavy atom. The fraction of sp³-hybridized carbons (Fsp3) is 0.462. The number of methoxy groups -OCH3 is 1. The smallest absolute Gasteiger partial charge is 0.490 e. The molecule has 18 heteroatoms. The number of carbonyl (C=O) groups is 3. The number of carboxylic acids is 1. The lowest BCUT2D eigenvalue weighted by Gasteiger charge is -2.28. The molecule has 3 aromatic rings. The van der Waals surface area contributed by atoms with Crippen LogP contribution in [0.15, 0.2) is 72.8 Å². The third-order valence-corrected chi connectivity index (χ3v) is 10.7. The molecule has 5 N–H and O–H groups in total. The number of aliphatic carboxylic acids is 1. The normalized spacial score (nSPS) is 13.1. The summed E-state index contributed by atoms with van der Waals surface area (Å²) in [7, 11) is -2.32. The highest BCUT2D eigenvalue weighted by Crippen LogP contribution is 2.18. The number of ether oxygens (including phenoxy) is 2. The van der Waals surface area contributed by atoms with Crippen LogP contribution in [0.25, 0.3) is 0 Å². The Kier molecular flexibility index (Phi) is 20.4. The van der Waals surface area contributed by atoms with Gasteiger partial charge < -0.3 is 35.6 Å². The lowest BCUT2D eigenvalue weighted by molar-refractivity contribution is -0.192. The number of benzene rings is 3. The standard InChI is InChI=1S/C37H49F2N3O7S.C2HF3O2/c1-4-10-32(11-5-2)50(46,47)25-34(42-37(45)49-24-27-12-7-6-8-13-27)36(44)41-33(21-28-18-29(38)22-30(39)19-28)35(43)23-40-17-16-26-14-9-15-31(20-26)48-3;3-2(4,5)1(6)7/h6-9,12-15,18-20,22,32-35,40,43H,4-5,10-11,16-17,21,23-25H2,1-3H3,(H,41,44)(H,42,45);(H,6,7)/t33-,34-,35+;/m0./s1. The maximum absolute atomic E-state index is 14.1. The molecule has 3 aromatic carbocycles. The van der Waals surface area contributed by atoms with E-state index in [2.05, 4.69) is 16.0 Å². The highest BCUT2D eigenvalue weighted by molar-refractivity contribution is 7.92. The number of aliphatic hydroxyl groups is 1. The maximum atomic E-state index is 14.1. The number of sulfone groups is 1. The van der Waals surface area contributed by atoms with E-state index in [1.165, 1.54) is 0 Å². The van der Waals surface area contributed by atoms with Crippen molar-refractivity contribution in [3.63, 3.8) is 0 Å². The second-order valence-corrected chi connectivity index (χ2v) is 15.4. The number of nitrogens with one attached hydrogen (secondary N) is 3. The van der Waals surface area contributed by atoms with Gasteiger partial charge in [-0.3, -0.25) is 4.79 Å². The molecular formula is C39H50F5N3O9S. The Bertz CT molecular complexity index is 1790. The molecule has 0 unspecified atom stereocenters. The summed E-state index contributed by atoms with van der Waals surface area (Å²) < 4.78 is 97.7. The van der Waals surface area contributed by atoms with E-state index >= 15 is 0 Å². The average Bonchev–Trinajstić information content (AvgIpc) is 3.15. The number of rotatable bonds is 21. The van der Waals surface area contributed by atoms with E-state index in [1.807, 2.05) is 38.1 Å². The Labute approximate surface area is 329 Å². The Hall–Kier alpha value is -4.81. The zero-order valence-corrected chi connectivity index (χ0v) is 32.7. The molecule has 2 amide bonds. The van der Waals surface area contributed by atoms with Crippen LogP contribution in [0.5, 0.6) is 5.75 Å². The highest BCUT2D eigenvalue weighted by Gasteiger charge is 2.38. The molecule has 3 atom stereocenters. The minimum atomic E-state index is -5.08. The van der Waals surface area contributed by atoms with Crippen LogP contribution in [-0.2, 0) is 43.6 Å². The number of carboxylic acid groups (broad SMARTS) is 1. The van der Waals surface area contributed by atoms with Crippen molar-refractivity contribution >= 4 is 27.8 Å². The van der Waals surface area contributed by atoms with Crippen LogP contribution in [0.4, 0.5) is 26.7 Å². The quantitative estimate of drug-likeness (QED) is 0.0680. The molecule has 0 aliphatic carbocycles. The fourth-order valence-corrected chi connectivity index (χ4v) is 7.77. The van der Waals surface area contributed by atoms with Crippen LogP contribution in [0.1, 0.15) is 56.2 Å². The number of alkyl halides is 3. The largest absolute Gasteiger partial charge is 0.497 e. The SMILES string of the molecule is CCCC(CCC)S(=O)(=O)C[C@H](NC(=O)OCc1ccccc1)C(=O)N[C@@H](Cc1cc(F)cc(F)c1)[C@H](O)CNCCc1cccc(OC)c1.O=C(O)C(F)(F)F. The van der Waals surface area contributed by atoms with Gasteiger partial charge in [0, 0.05) is 12.6 Å². The van der Waals surface area contributed by atoms with Crippen molar-refractivity contribution in [1.82, 2.24) is 16.0 Å². The van der Waals surface area contributed by atoms with Gasteiger partial charge in [-0.1, -0.05) is 69.2 Å². The van der Waals surface area contributed by atoms with Crippen LogP contribution in [0.3, 0.4) is 0 Å². The zero-order valence-electron chi connectivity index (χ0n) is 31.9. The van der Waals surface area contributed by atoms with E-state index in [4.69, 9.17) is 19.4 Å². The second kappa shape index (κ2) is 24.1. The Morgan fingerprint density at radius 2 is 1.44 bits per heavy atom. The van der Waals surface area contributed by atoms with Gasteiger partial charge in [0.1, 0.15) is 30.0 Å². The molecule has 0 bridgehead atoms. The van der Waals surface area contributed by atoms with Crippen molar-refractivity contribution in [1.29, 1.82) is 0 Å². The number of halogens is 5. The summed E-state index contributed by atoms with van der Waals surface area (Å²) in [6.07, 6.45) is -4.96. The summed E-state index contributed by atoms with van der Waals surface area (Å²) in [6, 6.07) is 16.5. The predicted octanol–water partition coefficient (Wildman–Crippen LogP) is 5.51. The number of alkyl carbamates (subject to hydrolysis) is 1. The molecule has 0 aliphatic rings. The number of carbonyl (C=O) groups excluding carboxylic acids is 2. The van der Waals surface area contributed by atoms with E-state index in [-0.39, 0.29) is 25.1 Å². The van der Waals surface area contributed by atoms with Crippen molar-refractivity contribution in [2.24, 2.45) is 0 Å². The van der Waals surface area contributed by atoms with Crippen LogP contribution in [0, 0.1) is 11.6 Å². The summed E-state index contributed by atoms with van der Waals surface area (Å²) in [5.41, 5.74) is 1.84. The summed E-state index contributed by atoms with van der Waals surface area (Å²) in [4.78, 5) is 35.6. The first-order chi connectivity index (χ1) is 26.9. The van der Waals surface area contributed by atoms with Crippen molar-refractivity contribution < 1.29 is 64.4 Å². The van der Waals surface area contributed by atoms with Gasteiger partial charge in [-0.25, -0.2) is 26.8 Å². The summed E-state index contributed by atoms with van der Waals surface area (Å²) >= 11 is 0. The van der Waals surface area contributed by atoms with Gasteiger partial charge in [-0.05, 0) is 73.2 Å². The fourth-order valence-electron chi connectivity index (χ4n) is 5.61. The van der Waals surface area contributed by atoms with Crippen LogP contribution >= 0.6 is 0 Å². The molecule has 57 heavy (non-hydrogen) atoms. The van der Waals surface area contributed by atoms with Crippen LogP contribution in [0.2, 0.25) is 0 Å². The number of hydrogen-bond donors (Lipinski definition) is 5. The molecule has 0 aromatic heterocycles. The van der Waals surface area contributed by atoms with E-state index in [9.17, 15) is 45.1 Å². The van der Waals surface area contributed by atoms with Gasteiger partial charge in [0.25, 0.3) is 0 Å². The van der Waals surface area contributed by atoms with Gasteiger partial charge >= 0.3 is 18.2 Å². The maximum Gasteiger partial charge on any atom is 0.490 e. The zero-order chi connectivity index (χ0) is 42.6. The number of aliphatic hydroxyl groups excluding tert-OH is 1. The van der Waals surface area contributed by atoms with Crippen molar-refractivity contribution in [2.75, 3.05) is 26.0 Å². The predicted molar refractivity (Wildman–Crippen MR) is 202 cm³/mol. The van der Waals surface area contributed by atoms with Gasteiger partial charge in [0.05, 0.1) is 30.3 Å². The molecular weight excluding hydrogens is 781 g/mol. The molecule has 0 saturated carbocycles. The topological polar surface area (TPSA) is 180 Å². The first kappa shape index (κ1) is 48.3. The highest BCUT2D eigenvalue weighted by atomic mass is 32.2. The number of amides is 2. The molecule has 316 valence electrons. The lowest BCUT2D eigenvalue weighted by Crippen LogP contribution is -2.57. The molecule has 0 fully saturated rings. The molecule has 3 rings (SSSR count). The van der Waals surface area contributed by atoms with E-state index in [0.717, 1.165) is 17.7 Å². The molecule has 12 nitrogen and oxygen atoms in total. The van der Waals surface area contributed by atoms with Gasteiger partial charge in [-0.15, -0.1) is 0 Å². The summed E-state index contributed by atoms with van der Waals surface area (Å²) in [5, 5.41) is 25.9. The summed E-state index contributed by atoms with van der Waals surface area (Å²) in [5.74, 6) is -5.32. The first-order valence-electron chi connectivity index (χ1n) is 18.1. The van der Waals surface area contributed by atoms with E-state index in [0.29, 0.717) is 56.0 Å². The second-order valence-electron chi connectivity index (χ2n) is 13.1. The minimum Gasteiger partial charge on any atom is -0.497 e. The third kappa shape index (κ3) is 18.3.